The number of nitrogens with one attached hydrogen (secondary N) is 1. The first-order chi connectivity index (χ1) is 16.9. The number of anilines is 2. The minimum atomic E-state index is -0.187. The van der Waals surface area contributed by atoms with E-state index in [1.165, 1.54) is 0 Å². The summed E-state index contributed by atoms with van der Waals surface area (Å²) < 4.78 is 0. The van der Waals surface area contributed by atoms with Gasteiger partial charge in [-0.1, -0.05) is 35.4 Å². The zero-order chi connectivity index (χ0) is 24.8. The number of aryl methyl sites for hydroxylation is 2. The Bertz CT molecular complexity index is 1340. The van der Waals surface area contributed by atoms with Crippen LogP contribution in [0.3, 0.4) is 0 Å². The highest BCUT2D eigenvalue weighted by molar-refractivity contribution is 6.06. The van der Waals surface area contributed by atoms with Crippen molar-refractivity contribution in [3.05, 3.63) is 119 Å². The van der Waals surface area contributed by atoms with Gasteiger partial charge in [0.25, 0.3) is 11.8 Å². The lowest BCUT2D eigenvalue weighted by molar-refractivity contribution is 0.0991. The summed E-state index contributed by atoms with van der Waals surface area (Å²) in [5.41, 5.74) is 6.20. The van der Waals surface area contributed by atoms with E-state index in [1.807, 2.05) is 62.4 Å². The van der Waals surface area contributed by atoms with Crippen LogP contribution in [0.15, 0.2) is 107 Å². The molecule has 0 aliphatic carbocycles. The Hall–Kier alpha value is -4.58. The van der Waals surface area contributed by atoms with Crippen LogP contribution in [-0.4, -0.2) is 18.9 Å². The second-order valence-electron chi connectivity index (χ2n) is 8.31. The number of azo groups is 1. The van der Waals surface area contributed by atoms with E-state index in [4.69, 9.17) is 0 Å². The van der Waals surface area contributed by atoms with Gasteiger partial charge in [-0.3, -0.25) is 9.59 Å². The monoisotopic (exact) mass is 462 g/mol. The average molecular weight is 463 g/mol. The highest BCUT2D eigenvalue weighted by Gasteiger charge is 2.13. The highest BCUT2D eigenvalue weighted by Crippen LogP contribution is 2.22. The average Bonchev–Trinajstić information content (AvgIpc) is 2.89. The summed E-state index contributed by atoms with van der Waals surface area (Å²) in [4.78, 5) is 26.8. The molecule has 35 heavy (non-hydrogen) atoms. The molecule has 6 nitrogen and oxygen atoms in total. The highest BCUT2D eigenvalue weighted by atomic mass is 16.2. The van der Waals surface area contributed by atoms with Crippen LogP contribution in [-0.2, 0) is 0 Å². The number of carbonyl (C=O) groups excluding carboxylic acids is 2. The van der Waals surface area contributed by atoms with Gasteiger partial charge in [-0.05, 0) is 86.6 Å². The van der Waals surface area contributed by atoms with Gasteiger partial charge in [0.05, 0.1) is 11.4 Å². The molecule has 4 aromatic carbocycles. The lowest BCUT2D eigenvalue weighted by Crippen LogP contribution is -2.26. The van der Waals surface area contributed by atoms with Gasteiger partial charge in [0, 0.05) is 29.5 Å². The van der Waals surface area contributed by atoms with Gasteiger partial charge >= 0.3 is 0 Å². The van der Waals surface area contributed by atoms with Gasteiger partial charge in [-0.15, -0.1) is 0 Å². The van der Waals surface area contributed by atoms with Gasteiger partial charge in [-0.25, -0.2) is 0 Å². The van der Waals surface area contributed by atoms with Crippen LogP contribution >= 0.6 is 0 Å². The maximum absolute atomic E-state index is 12.8. The van der Waals surface area contributed by atoms with Crippen molar-refractivity contribution < 1.29 is 9.59 Å². The van der Waals surface area contributed by atoms with Crippen molar-refractivity contribution in [3.63, 3.8) is 0 Å². The van der Waals surface area contributed by atoms with Crippen molar-refractivity contribution in [1.29, 1.82) is 0 Å². The van der Waals surface area contributed by atoms with Crippen molar-refractivity contribution in [2.24, 2.45) is 10.2 Å². The Morgan fingerprint density at radius 3 is 1.60 bits per heavy atom. The quantitative estimate of drug-likeness (QED) is 0.307. The van der Waals surface area contributed by atoms with Crippen molar-refractivity contribution in [1.82, 2.24) is 0 Å². The van der Waals surface area contributed by atoms with Crippen LogP contribution in [0.4, 0.5) is 22.7 Å². The third kappa shape index (κ3) is 6.06. The summed E-state index contributed by atoms with van der Waals surface area (Å²) in [5, 5.41) is 11.3. The SMILES string of the molecule is Cc1ccc(NC(=O)c2ccc(N=Nc3ccc(C(=O)N(C)c4ccc(C)cc4)cc3)cc2)cc1. The van der Waals surface area contributed by atoms with Gasteiger partial charge in [0.1, 0.15) is 0 Å². The standard InChI is InChI=1S/C29H26N4O2/c1-20-4-12-24(13-5-20)30-28(34)22-8-14-25(15-9-22)31-32-26-16-10-23(11-17-26)29(35)33(3)27-18-6-21(2)7-19-27/h4-19H,1-3H3,(H,30,34). The summed E-state index contributed by atoms with van der Waals surface area (Å²) in [6, 6.07) is 29.3. The first-order valence-corrected chi connectivity index (χ1v) is 11.2. The van der Waals surface area contributed by atoms with E-state index in [-0.39, 0.29) is 11.8 Å². The molecule has 4 rings (SSSR count). The fourth-order valence-corrected chi connectivity index (χ4v) is 3.39. The number of hydrogen-bond donors (Lipinski definition) is 1. The van der Waals surface area contributed by atoms with E-state index in [0.717, 1.165) is 22.5 Å². The third-order valence-corrected chi connectivity index (χ3v) is 5.56. The van der Waals surface area contributed by atoms with E-state index in [9.17, 15) is 9.59 Å². The summed E-state index contributed by atoms with van der Waals surface area (Å²) >= 11 is 0. The molecule has 1 N–H and O–H groups in total. The minimum absolute atomic E-state index is 0.100. The van der Waals surface area contributed by atoms with Gasteiger partial charge in [0.2, 0.25) is 0 Å². The lowest BCUT2D eigenvalue weighted by atomic mass is 10.1. The first kappa shape index (κ1) is 23.6. The fraction of sp³-hybridized carbons (Fsp3) is 0.103. The molecule has 0 aliphatic rings. The number of hydrogen-bond acceptors (Lipinski definition) is 4. The molecule has 0 aliphatic heterocycles. The molecular weight excluding hydrogens is 436 g/mol. The predicted molar refractivity (Wildman–Crippen MR) is 140 cm³/mol. The first-order valence-electron chi connectivity index (χ1n) is 11.2. The van der Waals surface area contributed by atoms with Crippen LogP contribution in [0, 0.1) is 13.8 Å². The topological polar surface area (TPSA) is 74.1 Å². The Balaban J connectivity index is 1.37. The molecule has 0 radical (unpaired) electrons. The second kappa shape index (κ2) is 10.6. The molecule has 0 atom stereocenters. The van der Waals surface area contributed by atoms with Crippen LogP contribution in [0.2, 0.25) is 0 Å². The van der Waals surface area contributed by atoms with Crippen LogP contribution in [0.1, 0.15) is 31.8 Å². The molecule has 4 aromatic rings. The number of carbonyl (C=O) groups is 2. The van der Waals surface area contributed by atoms with Crippen molar-refractivity contribution in [3.8, 4) is 0 Å². The van der Waals surface area contributed by atoms with Crippen LogP contribution in [0.25, 0.3) is 0 Å². The zero-order valence-electron chi connectivity index (χ0n) is 19.9. The Labute approximate surface area is 205 Å². The largest absolute Gasteiger partial charge is 0.322 e. The zero-order valence-corrected chi connectivity index (χ0v) is 19.9. The lowest BCUT2D eigenvalue weighted by Gasteiger charge is -2.17. The fourth-order valence-electron chi connectivity index (χ4n) is 3.39. The summed E-state index contributed by atoms with van der Waals surface area (Å²) in [6.07, 6.45) is 0. The van der Waals surface area contributed by atoms with Gasteiger partial charge in [-0.2, -0.15) is 10.2 Å². The molecule has 174 valence electrons. The van der Waals surface area contributed by atoms with E-state index in [2.05, 4.69) is 15.5 Å². The Morgan fingerprint density at radius 1 is 0.629 bits per heavy atom. The normalized spacial score (nSPS) is 10.8. The summed E-state index contributed by atoms with van der Waals surface area (Å²) in [5.74, 6) is -0.287. The van der Waals surface area contributed by atoms with Gasteiger partial charge in [0.15, 0.2) is 0 Å². The van der Waals surface area contributed by atoms with Gasteiger partial charge < -0.3 is 10.2 Å². The van der Waals surface area contributed by atoms with Crippen LogP contribution in [0.5, 0.6) is 0 Å². The molecule has 0 bridgehead atoms. The molecule has 6 heteroatoms. The van der Waals surface area contributed by atoms with E-state index in [1.54, 1.807) is 60.5 Å². The molecule has 0 fully saturated rings. The smallest absolute Gasteiger partial charge is 0.258 e. The van der Waals surface area contributed by atoms with Crippen molar-refractivity contribution in [2.45, 2.75) is 13.8 Å². The molecular formula is C29H26N4O2. The minimum Gasteiger partial charge on any atom is -0.322 e. The molecule has 0 saturated heterocycles. The van der Waals surface area contributed by atoms with E-state index >= 15 is 0 Å². The molecule has 0 spiro atoms. The maximum atomic E-state index is 12.8. The van der Waals surface area contributed by atoms with Crippen molar-refractivity contribution in [2.75, 3.05) is 17.3 Å². The number of nitrogens with zero attached hydrogens (tertiary/aromatic N) is 3. The number of benzene rings is 4. The maximum Gasteiger partial charge on any atom is 0.258 e. The number of amides is 2. The third-order valence-electron chi connectivity index (χ3n) is 5.56. The van der Waals surface area contributed by atoms with E-state index < -0.39 is 0 Å². The Morgan fingerprint density at radius 2 is 1.09 bits per heavy atom. The summed E-state index contributed by atoms with van der Waals surface area (Å²) in [6.45, 7) is 4.01. The summed E-state index contributed by atoms with van der Waals surface area (Å²) in [7, 11) is 1.76. The van der Waals surface area contributed by atoms with Crippen LogP contribution < -0.4 is 10.2 Å². The molecule has 2 amide bonds. The molecule has 0 saturated carbocycles. The molecule has 0 aromatic heterocycles. The van der Waals surface area contributed by atoms with E-state index in [0.29, 0.717) is 22.5 Å². The number of rotatable bonds is 6. The van der Waals surface area contributed by atoms with Crippen molar-refractivity contribution >= 4 is 34.6 Å². The molecule has 0 unspecified atom stereocenters. The molecule has 0 heterocycles. The second-order valence-corrected chi connectivity index (χ2v) is 8.31. The predicted octanol–water partition coefficient (Wildman–Crippen LogP) is 7.25. The Kier molecular flexibility index (Phi) is 7.12.